The van der Waals surface area contributed by atoms with Crippen LogP contribution in [0, 0.1) is 11.8 Å². The van der Waals surface area contributed by atoms with Gasteiger partial charge in [0.15, 0.2) is 0 Å². The third kappa shape index (κ3) is 2.18. The van der Waals surface area contributed by atoms with Crippen LogP contribution in [0.4, 0.5) is 0 Å². The number of ketones is 1. The van der Waals surface area contributed by atoms with E-state index in [1.165, 1.54) is 5.57 Å². The lowest BCUT2D eigenvalue weighted by molar-refractivity contribution is -0.121. The van der Waals surface area contributed by atoms with Crippen molar-refractivity contribution in [3.8, 4) is 0 Å². The van der Waals surface area contributed by atoms with Crippen molar-refractivity contribution in [2.45, 2.75) is 33.6 Å². The fourth-order valence-corrected chi connectivity index (χ4v) is 1.85. The van der Waals surface area contributed by atoms with Crippen LogP contribution in [-0.4, -0.2) is 5.78 Å². The number of hydrogen-bond donors (Lipinski definition) is 0. The summed E-state index contributed by atoms with van der Waals surface area (Å²) < 4.78 is 0. The van der Waals surface area contributed by atoms with Crippen molar-refractivity contribution in [2.24, 2.45) is 11.8 Å². The van der Waals surface area contributed by atoms with E-state index in [4.69, 9.17) is 0 Å². The van der Waals surface area contributed by atoms with E-state index in [1.54, 1.807) is 6.92 Å². The van der Waals surface area contributed by atoms with Crippen molar-refractivity contribution in [1.82, 2.24) is 0 Å². The first kappa shape index (κ1) is 8.51. The third-order valence-electron chi connectivity index (χ3n) is 2.37. The maximum absolute atomic E-state index is 11.1. The minimum atomic E-state index is 0.301. The molecule has 62 valence electrons. The first-order valence-corrected chi connectivity index (χ1v) is 4.27. The SMILES string of the molecule is CC(=O)C1CC(C)=CC(C)C1. The highest BCUT2D eigenvalue weighted by atomic mass is 16.1. The van der Waals surface area contributed by atoms with Crippen molar-refractivity contribution < 1.29 is 4.79 Å². The van der Waals surface area contributed by atoms with Crippen molar-refractivity contribution in [3.05, 3.63) is 11.6 Å². The van der Waals surface area contributed by atoms with Gasteiger partial charge in [-0.1, -0.05) is 18.6 Å². The molecule has 0 heterocycles. The summed E-state index contributed by atoms with van der Waals surface area (Å²) in [6, 6.07) is 0. The van der Waals surface area contributed by atoms with Crippen LogP contribution < -0.4 is 0 Å². The Hall–Kier alpha value is -0.590. The summed E-state index contributed by atoms with van der Waals surface area (Å²) in [5.74, 6) is 1.25. The molecule has 0 aromatic carbocycles. The molecule has 1 nitrogen and oxygen atoms in total. The van der Waals surface area contributed by atoms with Crippen LogP contribution in [0.15, 0.2) is 11.6 Å². The molecule has 0 aliphatic heterocycles. The number of Topliss-reactive ketones (excluding diaryl/α,β-unsaturated/α-hetero) is 1. The molecule has 1 heteroatoms. The molecule has 0 aromatic heterocycles. The molecule has 2 unspecified atom stereocenters. The fraction of sp³-hybridized carbons (Fsp3) is 0.700. The standard InChI is InChI=1S/C10H16O/c1-7-4-8(2)6-10(5-7)9(3)11/h4,7,10H,5-6H2,1-3H3. The quantitative estimate of drug-likeness (QED) is 0.528. The molecule has 11 heavy (non-hydrogen) atoms. The van der Waals surface area contributed by atoms with Gasteiger partial charge in [0.1, 0.15) is 5.78 Å². The second-order valence-corrected chi connectivity index (χ2v) is 3.74. The van der Waals surface area contributed by atoms with Crippen LogP contribution in [0.5, 0.6) is 0 Å². The smallest absolute Gasteiger partial charge is 0.133 e. The summed E-state index contributed by atoms with van der Waals surface area (Å²) in [6.45, 7) is 6.00. The minimum absolute atomic E-state index is 0.301. The molecule has 0 amide bonds. The first-order valence-electron chi connectivity index (χ1n) is 4.27. The highest BCUT2D eigenvalue weighted by Gasteiger charge is 2.20. The Bertz CT molecular complexity index is 191. The normalized spacial score (nSPS) is 31.4. The topological polar surface area (TPSA) is 17.1 Å². The second-order valence-electron chi connectivity index (χ2n) is 3.74. The van der Waals surface area contributed by atoms with E-state index in [9.17, 15) is 4.79 Å². The Balaban J connectivity index is 2.64. The predicted octanol–water partition coefficient (Wildman–Crippen LogP) is 2.57. The molecule has 2 atom stereocenters. The van der Waals surface area contributed by atoms with E-state index >= 15 is 0 Å². The zero-order valence-corrected chi connectivity index (χ0v) is 7.55. The monoisotopic (exact) mass is 152 g/mol. The number of carbonyl (C=O) groups is 1. The number of allylic oxidation sites excluding steroid dienone is 2. The predicted molar refractivity (Wildman–Crippen MR) is 46.3 cm³/mol. The molecular weight excluding hydrogens is 136 g/mol. The highest BCUT2D eigenvalue weighted by Crippen LogP contribution is 2.27. The van der Waals surface area contributed by atoms with Crippen LogP contribution in [0.25, 0.3) is 0 Å². The van der Waals surface area contributed by atoms with Crippen molar-refractivity contribution in [1.29, 1.82) is 0 Å². The Morgan fingerprint density at radius 2 is 2.27 bits per heavy atom. The molecule has 0 bridgehead atoms. The van der Waals surface area contributed by atoms with Crippen molar-refractivity contribution in [2.75, 3.05) is 0 Å². The molecule has 1 rings (SSSR count). The van der Waals surface area contributed by atoms with Crippen LogP contribution in [0.2, 0.25) is 0 Å². The number of rotatable bonds is 1. The van der Waals surface area contributed by atoms with Gasteiger partial charge in [0.25, 0.3) is 0 Å². The van der Waals surface area contributed by atoms with Gasteiger partial charge in [-0.05, 0) is 32.6 Å². The third-order valence-corrected chi connectivity index (χ3v) is 2.37. The fourth-order valence-electron chi connectivity index (χ4n) is 1.85. The van der Waals surface area contributed by atoms with Crippen LogP contribution in [0.3, 0.4) is 0 Å². The van der Waals surface area contributed by atoms with Gasteiger partial charge in [0.05, 0.1) is 0 Å². The van der Waals surface area contributed by atoms with E-state index in [0.29, 0.717) is 17.6 Å². The molecule has 0 spiro atoms. The van der Waals surface area contributed by atoms with E-state index in [1.807, 2.05) is 0 Å². The summed E-state index contributed by atoms with van der Waals surface area (Å²) in [5, 5.41) is 0. The zero-order valence-electron chi connectivity index (χ0n) is 7.55. The lowest BCUT2D eigenvalue weighted by Gasteiger charge is -2.22. The van der Waals surface area contributed by atoms with Gasteiger partial charge in [-0.2, -0.15) is 0 Å². The molecule has 0 saturated heterocycles. The van der Waals surface area contributed by atoms with E-state index in [-0.39, 0.29) is 0 Å². The largest absolute Gasteiger partial charge is 0.300 e. The van der Waals surface area contributed by atoms with Crippen LogP contribution in [0.1, 0.15) is 33.6 Å². The maximum atomic E-state index is 11.1. The Kier molecular flexibility index (Phi) is 2.48. The molecule has 0 radical (unpaired) electrons. The zero-order chi connectivity index (χ0) is 8.43. The summed E-state index contributed by atoms with van der Waals surface area (Å²) >= 11 is 0. The Labute approximate surface area is 68.5 Å². The summed E-state index contributed by atoms with van der Waals surface area (Å²) in [6.07, 6.45) is 4.31. The lowest BCUT2D eigenvalue weighted by Crippen LogP contribution is -2.18. The van der Waals surface area contributed by atoms with E-state index in [2.05, 4.69) is 19.9 Å². The summed E-state index contributed by atoms with van der Waals surface area (Å²) in [4.78, 5) is 11.1. The molecular formula is C10H16O. The van der Waals surface area contributed by atoms with E-state index < -0.39 is 0 Å². The van der Waals surface area contributed by atoms with Crippen LogP contribution in [-0.2, 0) is 4.79 Å². The lowest BCUT2D eigenvalue weighted by atomic mass is 9.82. The summed E-state index contributed by atoms with van der Waals surface area (Å²) in [5.41, 5.74) is 1.38. The van der Waals surface area contributed by atoms with Crippen LogP contribution >= 0.6 is 0 Å². The second kappa shape index (κ2) is 3.21. The van der Waals surface area contributed by atoms with E-state index in [0.717, 1.165) is 12.8 Å². The highest BCUT2D eigenvalue weighted by molar-refractivity contribution is 5.78. The van der Waals surface area contributed by atoms with Crippen molar-refractivity contribution in [3.63, 3.8) is 0 Å². The van der Waals surface area contributed by atoms with Gasteiger partial charge in [0, 0.05) is 5.92 Å². The maximum Gasteiger partial charge on any atom is 0.133 e. The molecule has 0 aromatic rings. The molecule has 0 saturated carbocycles. The molecule has 0 fully saturated rings. The first-order chi connectivity index (χ1) is 5.09. The van der Waals surface area contributed by atoms with Gasteiger partial charge in [0.2, 0.25) is 0 Å². The molecule has 1 aliphatic carbocycles. The average Bonchev–Trinajstić information content (AvgIpc) is 1.85. The van der Waals surface area contributed by atoms with Gasteiger partial charge in [-0.3, -0.25) is 4.79 Å². The van der Waals surface area contributed by atoms with Gasteiger partial charge < -0.3 is 0 Å². The minimum Gasteiger partial charge on any atom is -0.300 e. The van der Waals surface area contributed by atoms with Gasteiger partial charge >= 0.3 is 0 Å². The Morgan fingerprint density at radius 1 is 1.64 bits per heavy atom. The number of hydrogen-bond acceptors (Lipinski definition) is 1. The van der Waals surface area contributed by atoms with Gasteiger partial charge in [-0.15, -0.1) is 0 Å². The summed E-state index contributed by atoms with van der Waals surface area (Å²) in [7, 11) is 0. The number of carbonyl (C=O) groups excluding carboxylic acids is 1. The molecule has 1 aliphatic rings. The Morgan fingerprint density at radius 3 is 2.73 bits per heavy atom. The molecule has 0 N–H and O–H groups in total. The van der Waals surface area contributed by atoms with Gasteiger partial charge in [-0.25, -0.2) is 0 Å². The van der Waals surface area contributed by atoms with Crippen molar-refractivity contribution >= 4 is 5.78 Å². The average molecular weight is 152 g/mol.